The van der Waals surface area contributed by atoms with Gasteiger partial charge in [-0.2, -0.15) is 0 Å². The minimum absolute atomic E-state index is 0.285. The van der Waals surface area contributed by atoms with E-state index in [1.807, 2.05) is 13.8 Å². The normalized spacial score (nSPS) is 11.3. The van der Waals surface area contributed by atoms with E-state index in [9.17, 15) is 13.3 Å². The topological polar surface area (TPSA) is 56.8 Å². The van der Waals surface area contributed by atoms with E-state index in [2.05, 4.69) is 4.72 Å². The Balaban J connectivity index is 1.62. The van der Waals surface area contributed by atoms with Crippen molar-refractivity contribution in [2.24, 2.45) is 0 Å². The van der Waals surface area contributed by atoms with Crippen molar-refractivity contribution in [1.29, 1.82) is 0 Å². The number of ether oxygens (including phenoxy) is 1. The highest BCUT2D eigenvalue weighted by Crippen LogP contribution is 2.46. The van der Waals surface area contributed by atoms with Gasteiger partial charge in [-0.25, -0.2) is 8.78 Å². The van der Waals surface area contributed by atoms with Crippen molar-refractivity contribution in [3.8, 4) is 11.5 Å². The minimum Gasteiger partial charge on any atom is -0.451 e. The second-order valence-corrected chi connectivity index (χ2v) is 10.6. The Labute approximate surface area is 209 Å². The van der Waals surface area contributed by atoms with Crippen molar-refractivity contribution in [3.05, 3.63) is 83.4 Å². The monoisotopic (exact) mass is 519 g/mol. The molecule has 3 rings (SSSR count). The predicted molar refractivity (Wildman–Crippen MR) is 139 cm³/mol. The van der Waals surface area contributed by atoms with E-state index in [4.69, 9.17) is 13.8 Å². The molecule has 0 aliphatic rings. The van der Waals surface area contributed by atoms with Crippen molar-refractivity contribution in [1.82, 2.24) is 0 Å². The third-order valence-electron chi connectivity index (χ3n) is 4.59. The number of hydrogen-bond donors (Lipinski definition) is 1. The molecule has 5 nitrogen and oxygen atoms in total. The zero-order chi connectivity index (χ0) is 25.4. The Morgan fingerprint density at radius 1 is 0.943 bits per heavy atom. The summed E-state index contributed by atoms with van der Waals surface area (Å²) in [7, 11) is -3.32. The van der Waals surface area contributed by atoms with Gasteiger partial charge in [0.1, 0.15) is 5.75 Å². The van der Waals surface area contributed by atoms with Crippen molar-refractivity contribution in [2.75, 3.05) is 17.9 Å². The summed E-state index contributed by atoms with van der Waals surface area (Å²) in [5, 5.41) is 0.492. The smallest absolute Gasteiger partial charge is 0.361 e. The standard InChI is InChI=1S/C26H28F2NO4PS/c1-5-31-34(30,32-6-2)22-11-7-20(8-12-22)29-35-23-13-9-21(10-14-23)33-26-24(27)16-19(15-18(3)4)17-25(26)28/h7-17,29H,5-6H2,1-4H3. The predicted octanol–water partition coefficient (Wildman–Crippen LogP) is 8.19. The van der Waals surface area contributed by atoms with E-state index >= 15 is 0 Å². The molecule has 0 saturated carbocycles. The van der Waals surface area contributed by atoms with Crippen molar-refractivity contribution < 1.29 is 27.1 Å². The van der Waals surface area contributed by atoms with Crippen LogP contribution in [0.3, 0.4) is 0 Å². The Bertz CT molecular complexity index is 1180. The number of anilines is 1. The van der Waals surface area contributed by atoms with Crippen LogP contribution in [0.2, 0.25) is 0 Å². The van der Waals surface area contributed by atoms with Crippen molar-refractivity contribution in [2.45, 2.75) is 32.6 Å². The summed E-state index contributed by atoms with van der Waals surface area (Å²) in [4.78, 5) is 0.857. The lowest BCUT2D eigenvalue weighted by Gasteiger charge is -2.17. The molecule has 0 fully saturated rings. The highest BCUT2D eigenvalue weighted by atomic mass is 32.2. The van der Waals surface area contributed by atoms with Gasteiger partial charge in [-0.05, 0) is 106 Å². The van der Waals surface area contributed by atoms with Crippen LogP contribution in [-0.4, -0.2) is 13.2 Å². The number of benzene rings is 3. The van der Waals surface area contributed by atoms with Crippen LogP contribution in [0.5, 0.6) is 11.5 Å². The van der Waals surface area contributed by atoms with E-state index < -0.39 is 25.0 Å². The van der Waals surface area contributed by atoms with E-state index in [1.165, 1.54) is 24.1 Å². The van der Waals surface area contributed by atoms with Gasteiger partial charge in [-0.3, -0.25) is 4.57 Å². The van der Waals surface area contributed by atoms with Crippen LogP contribution in [0.15, 0.2) is 71.1 Å². The van der Waals surface area contributed by atoms with Gasteiger partial charge in [0.15, 0.2) is 17.4 Å². The van der Waals surface area contributed by atoms with Gasteiger partial charge in [0.2, 0.25) is 0 Å². The van der Waals surface area contributed by atoms with Gasteiger partial charge < -0.3 is 18.5 Å². The number of hydrogen-bond acceptors (Lipinski definition) is 6. The van der Waals surface area contributed by atoms with Gasteiger partial charge in [0.25, 0.3) is 0 Å². The van der Waals surface area contributed by atoms with Gasteiger partial charge in [0.05, 0.1) is 18.5 Å². The summed E-state index contributed by atoms with van der Waals surface area (Å²) in [6, 6.07) is 16.3. The van der Waals surface area contributed by atoms with Crippen LogP contribution in [0.1, 0.15) is 33.3 Å². The van der Waals surface area contributed by atoms with Gasteiger partial charge >= 0.3 is 7.60 Å². The first-order valence-corrected chi connectivity index (χ1v) is 13.4. The number of nitrogens with one attached hydrogen (secondary N) is 1. The first-order chi connectivity index (χ1) is 16.7. The van der Waals surface area contributed by atoms with Crippen molar-refractivity contribution in [3.63, 3.8) is 0 Å². The summed E-state index contributed by atoms with van der Waals surface area (Å²) >= 11 is 1.34. The average Bonchev–Trinajstić information content (AvgIpc) is 2.81. The molecule has 0 radical (unpaired) electrons. The quantitative estimate of drug-likeness (QED) is 0.204. The van der Waals surface area contributed by atoms with Gasteiger partial charge in [-0.1, -0.05) is 11.6 Å². The molecule has 0 heterocycles. The molecular formula is C26H28F2NO4PS. The molecule has 0 aliphatic carbocycles. The zero-order valence-corrected chi connectivity index (χ0v) is 21.7. The maximum absolute atomic E-state index is 14.4. The van der Waals surface area contributed by atoms with E-state index in [-0.39, 0.29) is 13.2 Å². The van der Waals surface area contributed by atoms with Crippen LogP contribution in [0.25, 0.3) is 6.08 Å². The van der Waals surface area contributed by atoms with Crippen molar-refractivity contribution >= 4 is 36.6 Å². The Hall–Kier alpha value is -2.64. The fourth-order valence-electron chi connectivity index (χ4n) is 3.14. The first kappa shape index (κ1) is 27.0. The lowest BCUT2D eigenvalue weighted by atomic mass is 10.1. The second-order valence-electron chi connectivity index (χ2n) is 7.69. The fourth-order valence-corrected chi connectivity index (χ4v) is 5.35. The van der Waals surface area contributed by atoms with E-state index in [0.717, 1.165) is 16.2 Å². The van der Waals surface area contributed by atoms with Crippen LogP contribution in [0, 0.1) is 11.6 Å². The number of allylic oxidation sites excluding steroid dienone is 1. The maximum Gasteiger partial charge on any atom is 0.361 e. The molecule has 186 valence electrons. The molecule has 1 N–H and O–H groups in total. The molecule has 3 aromatic carbocycles. The average molecular weight is 520 g/mol. The molecule has 9 heteroatoms. The second kappa shape index (κ2) is 12.4. The minimum atomic E-state index is -3.32. The number of rotatable bonds is 11. The molecule has 0 aliphatic heterocycles. The molecule has 0 spiro atoms. The molecule has 0 unspecified atom stereocenters. The summed E-state index contributed by atoms with van der Waals surface area (Å²) in [6.45, 7) is 7.81. The summed E-state index contributed by atoms with van der Waals surface area (Å²) in [5.41, 5.74) is 2.17. The third-order valence-corrected chi connectivity index (χ3v) is 7.56. The maximum atomic E-state index is 14.4. The van der Waals surface area contributed by atoms with Crippen LogP contribution < -0.4 is 14.8 Å². The molecular weight excluding hydrogens is 491 g/mol. The fraction of sp³-hybridized carbons (Fsp3) is 0.231. The summed E-state index contributed by atoms with van der Waals surface area (Å²) in [6.07, 6.45) is 1.69. The summed E-state index contributed by atoms with van der Waals surface area (Å²) < 4.78 is 61.0. The SMILES string of the molecule is CCOP(=O)(OCC)c1ccc(NSc2ccc(Oc3c(F)cc(C=C(C)C)cc3F)cc2)cc1. The van der Waals surface area contributed by atoms with Crippen LogP contribution in [-0.2, 0) is 13.6 Å². The Morgan fingerprint density at radius 2 is 1.51 bits per heavy atom. The van der Waals surface area contributed by atoms with Gasteiger partial charge in [-0.15, -0.1) is 0 Å². The lowest BCUT2D eigenvalue weighted by molar-refractivity contribution is 0.230. The Morgan fingerprint density at radius 3 is 2.03 bits per heavy atom. The largest absolute Gasteiger partial charge is 0.451 e. The summed E-state index contributed by atoms with van der Waals surface area (Å²) in [5.74, 6) is -1.65. The molecule has 35 heavy (non-hydrogen) atoms. The van der Waals surface area contributed by atoms with Crippen LogP contribution >= 0.6 is 19.5 Å². The highest BCUT2D eigenvalue weighted by Gasteiger charge is 2.26. The molecule has 0 bridgehead atoms. The molecule has 0 aromatic heterocycles. The van der Waals surface area contributed by atoms with Crippen LogP contribution in [0.4, 0.5) is 14.5 Å². The molecule has 0 saturated heterocycles. The molecule has 3 aromatic rings. The Kier molecular flexibility index (Phi) is 9.52. The highest BCUT2D eigenvalue weighted by molar-refractivity contribution is 8.00. The van der Waals surface area contributed by atoms with Gasteiger partial charge in [0, 0.05) is 10.6 Å². The van der Waals surface area contributed by atoms with E-state index in [0.29, 0.717) is 16.6 Å². The zero-order valence-electron chi connectivity index (χ0n) is 20.0. The molecule has 0 amide bonds. The lowest BCUT2D eigenvalue weighted by Crippen LogP contribution is -2.10. The first-order valence-electron chi connectivity index (χ1n) is 11.1. The number of halogens is 2. The third kappa shape index (κ3) is 7.42. The molecule has 0 atom stereocenters. The van der Waals surface area contributed by atoms with E-state index in [1.54, 1.807) is 68.5 Å².